The lowest BCUT2D eigenvalue weighted by Gasteiger charge is -2.37. The van der Waals surface area contributed by atoms with Gasteiger partial charge in [0.05, 0.1) is 40.2 Å². The van der Waals surface area contributed by atoms with E-state index in [-0.39, 0.29) is 55.2 Å². The summed E-state index contributed by atoms with van der Waals surface area (Å²) in [6.45, 7) is -3.96. The summed E-state index contributed by atoms with van der Waals surface area (Å²) in [5.41, 5.74) is 1.33. The molecule has 2 fully saturated rings. The molecule has 0 saturated carbocycles. The van der Waals surface area contributed by atoms with Gasteiger partial charge in [0, 0.05) is 46.5 Å². The molecule has 2 amide bonds. The third-order valence-electron chi connectivity index (χ3n) is 15.0. The number of anilines is 2. The predicted octanol–water partition coefficient (Wildman–Crippen LogP) is 11.4. The van der Waals surface area contributed by atoms with Crippen molar-refractivity contribution >= 4 is 76.1 Å². The van der Waals surface area contributed by atoms with Gasteiger partial charge in [-0.25, -0.2) is 24.3 Å². The molecule has 11 rings (SSSR count). The van der Waals surface area contributed by atoms with Crippen LogP contribution >= 0.6 is 29.8 Å². The fourth-order valence-electron chi connectivity index (χ4n) is 10.5. The Bertz CT molecular complexity index is 4050. The molecule has 9 aromatic rings. The van der Waals surface area contributed by atoms with Crippen LogP contribution in [0.4, 0.5) is 11.6 Å². The SMILES string of the molecule is COc1ccc(C(OC[C@H]2O[C@@H](n3cnc4c(NC(=O)c5ccccc5)ncnc43)C[C@@H]2OP(=O)(OC[C@H]2O[C@@H](n3ccc(NC(=O)c4ccccc4)nc3=O)C[C@@H]2OC(=O)CCC(C)=O)Sc2ccc(Cl)cc2)(c2ccccc2)c2ccc(OC)cc2)cc1. The minimum atomic E-state index is -4.56. The molecule has 462 valence electrons. The number of rotatable bonds is 25. The highest BCUT2D eigenvalue weighted by molar-refractivity contribution is 8.55. The molecule has 2 saturated heterocycles. The summed E-state index contributed by atoms with van der Waals surface area (Å²) < 4.78 is 70.4. The van der Waals surface area contributed by atoms with Crippen LogP contribution in [0.5, 0.6) is 11.5 Å². The fraction of sp³-hybridized carbons (Fsp3) is 0.246. The van der Waals surface area contributed by atoms with E-state index in [1.165, 1.54) is 36.4 Å². The lowest BCUT2D eigenvalue weighted by atomic mass is 9.80. The minimum absolute atomic E-state index is 0.0107. The lowest BCUT2D eigenvalue weighted by Crippen LogP contribution is -2.38. The van der Waals surface area contributed by atoms with Crippen LogP contribution in [0.1, 0.15) is 82.5 Å². The standard InChI is InChI=1S/C65H60ClN8O14PS/c1-41(75)19-32-58(76)87-51-35-56(73-34-33-55(71-64(73)79)70-62(77)42-13-7-4-8-14-42)86-54(51)38-84-89(80,90-50-30-24-47(66)25-31-50)88-52-36-57(74-40-69-59-60(67-39-68-61(59)74)72-63(78)43-15-9-5-10-16-43)85-53(52)37-83-65(44-17-11-6-12-18-44,45-20-26-48(81-2)27-21-45)46-22-28-49(82-3)29-23-46/h4-18,20-31,33-34,39-40,51-54,56-57H,19,32,35-38H2,1-3H3,(H,67,68,72,78)(H,70,71,77,79)/t51-,52-,53+,54+,56+,57+,89?/m0/s1. The first-order valence-corrected chi connectivity index (χ1v) is 31.9. The fourth-order valence-corrected chi connectivity index (χ4v) is 14.1. The number of imidazole rings is 1. The Labute approximate surface area is 525 Å². The predicted molar refractivity (Wildman–Crippen MR) is 333 cm³/mol. The number of amides is 2. The van der Waals surface area contributed by atoms with Gasteiger partial charge in [-0.05, 0) is 114 Å². The molecule has 0 radical (unpaired) electrons. The molecule has 90 heavy (non-hydrogen) atoms. The molecular weight excluding hydrogens is 1220 g/mol. The molecule has 6 aromatic carbocycles. The zero-order valence-electron chi connectivity index (χ0n) is 48.7. The van der Waals surface area contributed by atoms with E-state index in [1.807, 2.05) is 78.9 Å². The number of ether oxygens (including phenoxy) is 6. The average molecular weight is 1280 g/mol. The number of carbonyl (C=O) groups is 4. The van der Waals surface area contributed by atoms with E-state index in [9.17, 15) is 24.0 Å². The van der Waals surface area contributed by atoms with Crippen molar-refractivity contribution in [2.45, 2.75) is 80.0 Å². The largest absolute Gasteiger partial charge is 0.497 e. The van der Waals surface area contributed by atoms with Crippen molar-refractivity contribution in [1.29, 1.82) is 0 Å². The van der Waals surface area contributed by atoms with Crippen LogP contribution in [-0.2, 0) is 47.8 Å². The van der Waals surface area contributed by atoms with Gasteiger partial charge in [-0.1, -0.05) is 103 Å². The molecule has 2 N–H and O–H groups in total. The highest BCUT2D eigenvalue weighted by Crippen LogP contribution is 2.66. The van der Waals surface area contributed by atoms with Crippen LogP contribution in [0.2, 0.25) is 5.02 Å². The molecule has 1 unspecified atom stereocenters. The number of hydrogen-bond donors (Lipinski definition) is 2. The summed E-state index contributed by atoms with van der Waals surface area (Å²) in [4.78, 5) is 83.7. The van der Waals surface area contributed by atoms with Crippen LogP contribution in [0, 0.1) is 0 Å². The Hall–Kier alpha value is -8.90. The first-order chi connectivity index (χ1) is 43.7. The van der Waals surface area contributed by atoms with E-state index in [0.29, 0.717) is 38.2 Å². The number of benzene rings is 6. The Morgan fingerprint density at radius 2 is 1.23 bits per heavy atom. The average Bonchev–Trinajstić information content (AvgIpc) is 0.940. The number of Topliss-reactive ketones (excluding diaryl/α,β-unsaturated/α-hetero) is 1. The van der Waals surface area contributed by atoms with E-state index >= 15 is 4.57 Å². The zero-order valence-corrected chi connectivity index (χ0v) is 51.2. The molecule has 5 heterocycles. The van der Waals surface area contributed by atoms with E-state index < -0.39 is 79.4 Å². The second-order valence-electron chi connectivity index (χ2n) is 20.9. The van der Waals surface area contributed by atoms with Crippen molar-refractivity contribution in [2.24, 2.45) is 0 Å². The number of nitrogens with one attached hydrogen (secondary N) is 2. The van der Waals surface area contributed by atoms with Crippen molar-refractivity contribution in [1.82, 2.24) is 29.1 Å². The van der Waals surface area contributed by atoms with Crippen LogP contribution < -0.4 is 25.8 Å². The van der Waals surface area contributed by atoms with Crippen molar-refractivity contribution in [3.8, 4) is 11.5 Å². The van der Waals surface area contributed by atoms with Gasteiger partial charge in [0.2, 0.25) is 0 Å². The number of carbonyl (C=O) groups excluding carboxylic acids is 4. The van der Waals surface area contributed by atoms with Crippen molar-refractivity contribution in [3.05, 3.63) is 232 Å². The molecule has 2 aliphatic rings. The maximum atomic E-state index is 16.1. The highest BCUT2D eigenvalue weighted by atomic mass is 35.5. The molecule has 7 atom stereocenters. The molecule has 25 heteroatoms. The second kappa shape index (κ2) is 28.3. The summed E-state index contributed by atoms with van der Waals surface area (Å²) in [5.74, 6) is -0.510. The monoisotopic (exact) mass is 1270 g/mol. The van der Waals surface area contributed by atoms with E-state index in [2.05, 4.69) is 30.6 Å². The lowest BCUT2D eigenvalue weighted by molar-refractivity contribution is -0.153. The van der Waals surface area contributed by atoms with Gasteiger partial charge >= 0.3 is 18.5 Å². The number of ketones is 1. The van der Waals surface area contributed by atoms with Gasteiger partial charge in [-0.2, -0.15) is 4.98 Å². The Kier molecular flexibility index (Phi) is 19.7. The minimum Gasteiger partial charge on any atom is -0.497 e. The van der Waals surface area contributed by atoms with Crippen molar-refractivity contribution in [2.75, 3.05) is 38.1 Å². The Morgan fingerprint density at radius 3 is 1.83 bits per heavy atom. The second-order valence-corrected chi connectivity index (χ2v) is 25.2. The number of hydrogen-bond acceptors (Lipinski definition) is 19. The molecule has 0 bridgehead atoms. The van der Waals surface area contributed by atoms with Gasteiger partial charge in [-0.15, -0.1) is 0 Å². The highest BCUT2D eigenvalue weighted by Gasteiger charge is 2.48. The van der Waals surface area contributed by atoms with Gasteiger partial charge < -0.3 is 43.8 Å². The molecule has 2 aliphatic heterocycles. The summed E-state index contributed by atoms with van der Waals surface area (Å²) in [6, 6.07) is 49.6. The summed E-state index contributed by atoms with van der Waals surface area (Å²) in [7, 11) is 3.17. The number of nitrogens with zero attached hydrogens (tertiary/aromatic N) is 6. The first-order valence-electron chi connectivity index (χ1n) is 28.5. The molecule has 22 nitrogen and oxygen atoms in total. The first kappa shape index (κ1) is 62.7. The third kappa shape index (κ3) is 14.5. The number of esters is 1. The van der Waals surface area contributed by atoms with E-state index in [0.717, 1.165) is 28.1 Å². The quantitative estimate of drug-likeness (QED) is 0.0306. The topological polar surface area (TPSA) is 262 Å². The Balaban J connectivity index is 0.944. The maximum absolute atomic E-state index is 16.1. The van der Waals surface area contributed by atoms with E-state index in [1.54, 1.807) is 104 Å². The summed E-state index contributed by atoms with van der Waals surface area (Å²) >= 11 is 7.16. The number of halogens is 1. The normalized spacial score (nSPS) is 18.8. The van der Waals surface area contributed by atoms with Crippen LogP contribution in [0.25, 0.3) is 11.2 Å². The molecule has 0 spiro atoms. The molecule has 3 aromatic heterocycles. The van der Waals surface area contributed by atoms with Gasteiger partial charge in [-0.3, -0.25) is 32.6 Å². The Morgan fingerprint density at radius 1 is 0.667 bits per heavy atom. The molecular formula is C65H60ClN8O14PS. The van der Waals surface area contributed by atoms with Crippen molar-refractivity contribution < 1.29 is 61.2 Å². The van der Waals surface area contributed by atoms with Crippen LogP contribution in [0.3, 0.4) is 0 Å². The third-order valence-corrected chi connectivity index (χ3v) is 18.8. The van der Waals surface area contributed by atoms with Gasteiger partial charge in [0.15, 0.2) is 17.0 Å². The number of fused-ring (bicyclic) bond motifs is 1. The summed E-state index contributed by atoms with van der Waals surface area (Å²) in [5, 5.41) is 5.89. The smallest absolute Gasteiger partial charge is 0.394 e. The van der Waals surface area contributed by atoms with Crippen LogP contribution in [0.15, 0.2) is 198 Å². The van der Waals surface area contributed by atoms with Gasteiger partial charge in [0.25, 0.3) is 11.8 Å². The summed E-state index contributed by atoms with van der Waals surface area (Å²) in [6.07, 6.45) is -2.80. The maximum Gasteiger partial charge on any atom is 0.394 e. The zero-order chi connectivity index (χ0) is 62.8. The number of aromatic nitrogens is 6. The van der Waals surface area contributed by atoms with E-state index in [4.69, 9.17) is 49.1 Å². The van der Waals surface area contributed by atoms with Crippen LogP contribution in [-0.4, -0.2) is 104 Å². The van der Waals surface area contributed by atoms with Gasteiger partial charge in [0.1, 0.15) is 71.9 Å². The number of methoxy groups -OCH3 is 2. The molecule has 0 aliphatic carbocycles. The van der Waals surface area contributed by atoms with Crippen molar-refractivity contribution in [3.63, 3.8) is 0 Å².